The first-order valence-electron chi connectivity index (χ1n) is 5.30. The summed E-state index contributed by atoms with van der Waals surface area (Å²) in [6.45, 7) is 2.22. The van der Waals surface area contributed by atoms with Crippen molar-refractivity contribution in [3.8, 4) is 0 Å². The minimum atomic E-state index is -3.27. The Kier molecular flexibility index (Phi) is 4.98. The molecule has 0 aromatic heterocycles. The molecule has 1 fully saturated rings. The van der Waals surface area contributed by atoms with Crippen LogP contribution in [0.1, 0.15) is 12.8 Å². The van der Waals surface area contributed by atoms with E-state index in [9.17, 15) is 8.42 Å². The van der Waals surface area contributed by atoms with E-state index < -0.39 is 10.0 Å². The van der Waals surface area contributed by atoms with Gasteiger partial charge < -0.3 is 10.0 Å². The van der Waals surface area contributed by atoms with Crippen molar-refractivity contribution in [2.24, 2.45) is 5.92 Å². The van der Waals surface area contributed by atoms with Crippen LogP contribution in [0.5, 0.6) is 0 Å². The largest absolute Gasteiger partial charge is 0.395 e. The highest BCUT2D eigenvalue weighted by Crippen LogP contribution is 2.14. The summed E-state index contributed by atoms with van der Waals surface area (Å²) < 4.78 is 25.1. The molecular weight excluding hydrogens is 216 g/mol. The van der Waals surface area contributed by atoms with Gasteiger partial charge >= 0.3 is 0 Å². The summed E-state index contributed by atoms with van der Waals surface area (Å²) in [7, 11) is -1.22. The Balaban J connectivity index is 2.30. The van der Waals surface area contributed by atoms with Crippen molar-refractivity contribution in [3.63, 3.8) is 0 Å². The third-order valence-corrected chi connectivity index (χ3v) is 4.00. The van der Waals surface area contributed by atoms with Gasteiger partial charge in [0.25, 0.3) is 0 Å². The quantitative estimate of drug-likeness (QED) is 0.658. The topological polar surface area (TPSA) is 69.6 Å². The molecule has 2 N–H and O–H groups in total. The van der Waals surface area contributed by atoms with E-state index in [2.05, 4.69) is 9.62 Å². The van der Waals surface area contributed by atoms with Gasteiger partial charge in [0.1, 0.15) is 0 Å². The van der Waals surface area contributed by atoms with Crippen molar-refractivity contribution < 1.29 is 13.5 Å². The summed E-state index contributed by atoms with van der Waals surface area (Å²) in [6.07, 6.45) is 2.20. The predicted octanol–water partition coefficient (Wildman–Crippen LogP) is -0.760. The molecule has 1 unspecified atom stereocenters. The molecule has 0 aromatic carbocycles. The number of nitrogens with one attached hydrogen (secondary N) is 1. The lowest BCUT2D eigenvalue weighted by Crippen LogP contribution is -2.39. The van der Waals surface area contributed by atoms with Crippen molar-refractivity contribution in [1.82, 2.24) is 9.62 Å². The van der Waals surface area contributed by atoms with Crippen LogP contribution in [0.25, 0.3) is 0 Å². The number of hydrogen-bond donors (Lipinski definition) is 2. The first kappa shape index (κ1) is 12.9. The van der Waals surface area contributed by atoms with Gasteiger partial charge in [-0.05, 0) is 32.4 Å². The van der Waals surface area contributed by atoms with Crippen molar-refractivity contribution in [2.45, 2.75) is 12.8 Å². The SMILES string of the molecule is CN1CCCC(CNS(=O)(=O)CCO)C1. The lowest BCUT2D eigenvalue weighted by Gasteiger charge is -2.29. The van der Waals surface area contributed by atoms with E-state index >= 15 is 0 Å². The minimum absolute atomic E-state index is 0.199. The molecule has 6 heteroatoms. The van der Waals surface area contributed by atoms with E-state index in [1.54, 1.807) is 0 Å². The first-order valence-corrected chi connectivity index (χ1v) is 6.95. The fourth-order valence-corrected chi connectivity index (χ4v) is 2.75. The number of likely N-dealkylation sites (tertiary alicyclic amines) is 1. The monoisotopic (exact) mass is 236 g/mol. The highest BCUT2D eigenvalue weighted by Gasteiger charge is 2.19. The van der Waals surface area contributed by atoms with Crippen molar-refractivity contribution in [2.75, 3.05) is 39.0 Å². The molecule has 0 aromatic rings. The molecule has 0 aliphatic carbocycles. The highest BCUT2D eigenvalue weighted by molar-refractivity contribution is 7.89. The Morgan fingerprint density at radius 1 is 1.53 bits per heavy atom. The fourth-order valence-electron chi connectivity index (χ4n) is 1.88. The fraction of sp³-hybridized carbons (Fsp3) is 1.00. The number of sulfonamides is 1. The molecule has 1 saturated heterocycles. The molecule has 1 rings (SSSR count). The number of aliphatic hydroxyl groups is 1. The van der Waals surface area contributed by atoms with Crippen molar-refractivity contribution in [1.29, 1.82) is 0 Å². The predicted molar refractivity (Wildman–Crippen MR) is 59.1 cm³/mol. The van der Waals surface area contributed by atoms with Crippen LogP contribution in [0.2, 0.25) is 0 Å². The Hall–Kier alpha value is -0.170. The molecule has 90 valence electrons. The summed E-state index contributed by atoms with van der Waals surface area (Å²) in [5.41, 5.74) is 0. The number of aliphatic hydroxyl groups excluding tert-OH is 1. The maximum Gasteiger partial charge on any atom is 0.213 e. The normalized spacial score (nSPS) is 24.3. The molecule has 1 heterocycles. The molecule has 0 amide bonds. The van der Waals surface area contributed by atoms with Gasteiger partial charge in [-0.3, -0.25) is 0 Å². The smallest absolute Gasteiger partial charge is 0.213 e. The zero-order chi connectivity index (χ0) is 11.3. The van der Waals surface area contributed by atoms with Crippen molar-refractivity contribution in [3.05, 3.63) is 0 Å². The summed E-state index contributed by atoms with van der Waals surface area (Å²) in [4.78, 5) is 2.22. The van der Waals surface area contributed by atoms with Crippen LogP contribution < -0.4 is 4.72 Å². The average molecular weight is 236 g/mol. The number of nitrogens with zero attached hydrogens (tertiary/aromatic N) is 1. The summed E-state index contributed by atoms with van der Waals surface area (Å²) >= 11 is 0. The Labute approximate surface area is 91.5 Å². The zero-order valence-corrected chi connectivity index (χ0v) is 9.96. The first-order chi connectivity index (χ1) is 7.03. The van der Waals surface area contributed by atoms with Crippen LogP contribution in [0.3, 0.4) is 0 Å². The van der Waals surface area contributed by atoms with E-state index in [1.807, 2.05) is 7.05 Å². The lowest BCUT2D eigenvalue weighted by atomic mass is 9.99. The molecule has 1 atom stereocenters. The summed E-state index contributed by atoms with van der Waals surface area (Å²) in [6, 6.07) is 0. The summed E-state index contributed by atoms with van der Waals surface area (Å²) in [5.74, 6) is 0.201. The highest BCUT2D eigenvalue weighted by atomic mass is 32.2. The standard InChI is InChI=1S/C9H20N2O3S/c1-11-4-2-3-9(8-11)7-10-15(13,14)6-5-12/h9-10,12H,2-8H2,1H3. The third-order valence-electron chi connectivity index (χ3n) is 2.67. The Morgan fingerprint density at radius 2 is 2.27 bits per heavy atom. The minimum Gasteiger partial charge on any atom is -0.395 e. The lowest BCUT2D eigenvalue weighted by molar-refractivity contribution is 0.211. The van der Waals surface area contributed by atoms with Gasteiger partial charge in [0.15, 0.2) is 0 Å². The molecule has 5 nitrogen and oxygen atoms in total. The Morgan fingerprint density at radius 3 is 2.87 bits per heavy atom. The maximum absolute atomic E-state index is 11.3. The van der Waals surface area contributed by atoms with Gasteiger partial charge in [-0.1, -0.05) is 0 Å². The van der Waals surface area contributed by atoms with Crippen LogP contribution >= 0.6 is 0 Å². The van der Waals surface area contributed by atoms with Gasteiger partial charge in [0, 0.05) is 13.1 Å². The van der Waals surface area contributed by atoms with Gasteiger partial charge in [-0.25, -0.2) is 13.1 Å². The van der Waals surface area contributed by atoms with Crippen LogP contribution in [0.4, 0.5) is 0 Å². The number of piperidine rings is 1. The number of hydrogen-bond acceptors (Lipinski definition) is 4. The summed E-state index contributed by atoms with van der Waals surface area (Å²) in [5, 5.41) is 8.55. The van der Waals surface area contributed by atoms with Gasteiger partial charge in [0.05, 0.1) is 12.4 Å². The second-order valence-corrected chi connectivity index (χ2v) is 6.09. The maximum atomic E-state index is 11.3. The molecule has 0 radical (unpaired) electrons. The van der Waals surface area contributed by atoms with Gasteiger partial charge in [-0.15, -0.1) is 0 Å². The molecular formula is C9H20N2O3S. The van der Waals surface area contributed by atoms with E-state index in [4.69, 9.17) is 5.11 Å². The van der Waals surface area contributed by atoms with Crippen LogP contribution in [-0.4, -0.2) is 57.5 Å². The Bertz CT molecular complexity index is 279. The zero-order valence-electron chi connectivity index (χ0n) is 9.15. The molecule has 0 saturated carbocycles. The van der Waals surface area contributed by atoms with E-state index in [0.717, 1.165) is 25.9 Å². The van der Waals surface area contributed by atoms with Crippen LogP contribution in [0, 0.1) is 5.92 Å². The number of rotatable bonds is 5. The van der Waals surface area contributed by atoms with Crippen LogP contribution in [0.15, 0.2) is 0 Å². The van der Waals surface area contributed by atoms with Crippen LogP contribution in [-0.2, 0) is 10.0 Å². The molecule has 1 aliphatic heterocycles. The molecule has 15 heavy (non-hydrogen) atoms. The molecule has 0 bridgehead atoms. The van der Waals surface area contributed by atoms with E-state index in [1.165, 1.54) is 0 Å². The van der Waals surface area contributed by atoms with E-state index in [0.29, 0.717) is 12.5 Å². The van der Waals surface area contributed by atoms with E-state index in [-0.39, 0.29) is 12.4 Å². The van der Waals surface area contributed by atoms with Gasteiger partial charge in [-0.2, -0.15) is 0 Å². The van der Waals surface area contributed by atoms with Gasteiger partial charge in [0.2, 0.25) is 10.0 Å². The third kappa shape index (κ3) is 4.92. The molecule has 0 spiro atoms. The average Bonchev–Trinajstić information content (AvgIpc) is 2.15. The second-order valence-electron chi connectivity index (χ2n) is 4.16. The molecule has 1 aliphatic rings. The second kappa shape index (κ2) is 5.79. The van der Waals surface area contributed by atoms with Crippen molar-refractivity contribution >= 4 is 10.0 Å².